The van der Waals surface area contributed by atoms with Crippen LogP contribution < -0.4 is 5.73 Å². The average molecular weight is 148 g/mol. The summed E-state index contributed by atoms with van der Waals surface area (Å²) in [6.45, 7) is 1.83. The summed E-state index contributed by atoms with van der Waals surface area (Å²) in [5.74, 6) is 0.240. The van der Waals surface area contributed by atoms with Crippen LogP contribution in [0.15, 0.2) is 0 Å². The molecule has 0 aliphatic heterocycles. The van der Waals surface area contributed by atoms with Gasteiger partial charge < -0.3 is 5.73 Å². The largest absolute Gasteiger partial charge is 0.458 e. The van der Waals surface area contributed by atoms with Crippen molar-refractivity contribution in [3.63, 3.8) is 0 Å². The summed E-state index contributed by atoms with van der Waals surface area (Å²) >= 11 is 0.494. The number of carbonyl (C=O) groups is 1. The molecule has 0 bridgehead atoms. The number of carbonyl (C=O) groups excluding carboxylic acids is 1. The molecule has 0 fully saturated rings. The molecule has 0 aliphatic carbocycles. The van der Waals surface area contributed by atoms with Crippen LogP contribution in [0.1, 0.15) is 13.3 Å². The second-order valence-electron chi connectivity index (χ2n) is 2.06. The van der Waals surface area contributed by atoms with Gasteiger partial charge in [-0.05, 0) is 0 Å². The van der Waals surface area contributed by atoms with Crippen molar-refractivity contribution < 1.29 is 9.00 Å². The van der Waals surface area contributed by atoms with Gasteiger partial charge in [0.2, 0.25) is 11.7 Å². The molecule has 1 atom stereocenters. The molecule has 0 heterocycles. The van der Waals surface area contributed by atoms with Crippen LogP contribution >= 0.6 is 0 Å². The summed E-state index contributed by atoms with van der Waals surface area (Å²) in [4.78, 5) is 10.2. The Morgan fingerprint density at radius 2 is 2.33 bits per heavy atom. The van der Waals surface area contributed by atoms with Gasteiger partial charge in [0.05, 0.1) is 0 Å². The van der Waals surface area contributed by atoms with Gasteiger partial charge in [0.15, 0.2) is 0 Å². The van der Waals surface area contributed by atoms with Gasteiger partial charge in [0.1, 0.15) is 0 Å². The van der Waals surface area contributed by atoms with Gasteiger partial charge in [-0.3, -0.25) is 4.79 Å². The van der Waals surface area contributed by atoms with E-state index in [1.807, 2.05) is 6.92 Å². The average Bonchev–Trinajstić information content (AvgIpc) is 1.63. The van der Waals surface area contributed by atoms with Crippen LogP contribution in [0.5, 0.6) is 0 Å². The molecule has 1 unspecified atom stereocenters. The van der Waals surface area contributed by atoms with Crippen molar-refractivity contribution in [3.8, 4) is 0 Å². The fourth-order valence-corrected chi connectivity index (χ4v) is 0.869. The van der Waals surface area contributed by atoms with E-state index in [-0.39, 0.29) is 11.8 Å². The molecular formula is C5H10NO2S+. The Bertz CT molecular complexity index is 116. The highest BCUT2D eigenvalue weighted by Gasteiger charge is 2.11. The normalized spacial score (nSPS) is 12.6. The lowest BCUT2D eigenvalue weighted by Gasteiger charge is -1.95. The Hall–Kier alpha value is -0.510. The third-order valence-corrected chi connectivity index (χ3v) is 1.61. The first-order chi connectivity index (χ1) is 4.16. The number of nitrogens with two attached hydrogens (primary N) is 1. The lowest BCUT2D eigenvalue weighted by atomic mass is 10.1. The van der Waals surface area contributed by atoms with Gasteiger partial charge in [-0.15, -0.1) is 0 Å². The van der Waals surface area contributed by atoms with E-state index in [1.54, 1.807) is 0 Å². The molecule has 4 heteroatoms. The number of primary amides is 1. The van der Waals surface area contributed by atoms with Crippen LogP contribution in [-0.2, 0) is 20.7 Å². The standard InChI is InChI=1S/C5H9NO2S/c1-4(3-9-8)2-5(6)7/h4H,2-3H2,1H3,(H-,6,7)/p+1. The maximum Gasteiger partial charge on any atom is 0.458 e. The van der Waals surface area contributed by atoms with E-state index < -0.39 is 0 Å². The van der Waals surface area contributed by atoms with E-state index in [2.05, 4.69) is 0 Å². The van der Waals surface area contributed by atoms with Crippen molar-refractivity contribution in [1.29, 1.82) is 0 Å². The monoisotopic (exact) mass is 148 g/mol. The number of hydrogen-bond acceptors (Lipinski definition) is 2. The van der Waals surface area contributed by atoms with Crippen molar-refractivity contribution in [2.45, 2.75) is 13.3 Å². The maximum absolute atomic E-state index is 10.2. The molecule has 3 nitrogen and oxygen atoms in total. The first kappa shape index (κ1) is 8.49. The highest BCUT2D eigenvalue weighted by molar-refractivity contribution is 7.65. The van der Waals surface area contributed by atoms with E-state index >= 15 is 0 Å². The second-order valence-corrected chi connectivity index (χ2v) is 2.63. The second kappa shape index (κ2) is 4.38. The highest BCUT2D eigenvalue weighted by Crippen LogP contribution is 1.98. The Morgan fingerprint density at radius 1 is 1.78 bits per heavy atom. The van der Waals surface area contributed by atoms with Crippen molar-refractivity contribution in [2.75, 3.05) is 5.75 Å². The number of rotatable bonds is 4. The van der Waals surface area contributed by atoms with Crippen LogP contribution in [0.2, 0.25) is 0 Å². The molecule has 0 radical (unpaired) electrons. The van der Waals surface area contributed by atoms with Gasteiger partial charge in [-0.2, -0.15) is 0 Å². The summed E-state index contributed by atoms with van der Waals surface area (Å²) < 4.78 is 9.89. The summed E-state index contributed by atoms with van der Waals surface area (Å²) in [5.41, 5.74) is 4.87. The fraction of sp³-hybridized carbons (Fsp3) is 0.800. The lowest BCUT2D eigenvalue weighted by molar-refractivity contribution is -0.118. The zero-order chi connectivity index (χ0) is 7.28. The summed E-state index contributed by atoms with van der Waals surface area (Å²) in [7, 11) is 0. The number of hydrogen-bond donors (Lipinski definition) is 1. The predicted octanol–water partition coefficient (Wildman–Crippen LogP) is -0.0740. The molecular weight excluding hydrogens is 138 g/mol. The van der Waals surface area contributed by atoms with Gasteiger partial charge in [0, 0.05) is 16.5 Å². The minimum Gasteiger partial charge on any atom is -0.370 e. The molecule has 2 N–H and O–H groups in total. The summed E-state index contributed by atoms with van der Waals surface area (Å²) in [6.07, 6.45) is 0.315. The molecule has 0 rings (SSSR count). The highest BCUT2D eigenvalue weighted by atomic mass is 32.1. The SMILES string of the molecule is CC(C[S+]=O)CC(N)=O. The van der Waals surface area contributed by atoms with Crippen LogP contribution in [0, 0.1) is 5.92 Å². The zero-order valence-electron chi connectivity index (χ0n) is 5.29. The third kappa shape index (κ3) is 5.36. The molecule has 0 saturated heterocycles. The maximum atomic E-state index is 10.2. The smallest absolute Gasteiger partial charge is 0.370 e. The molecule has 0 saturated carbocycles. The zero-order valence-corrected chi connectivity index (χ0v) is 6.11. The van der Waals surface area contributed by atoms with Gasteiger partial charge >= 0.3 is 11.7 Å². The topological polar surface area (TPSA) is 60.2 Å². The van der Waals surface area contributed by atoms with Crippen LogP contribution in [-0.4, -0.2) is 11.7 Å². The summed E-state index contributed by atoms with van der Waals surface area (Å²) in [6, 6.07) is 0. The minimum absolute atomic E-state index is 0.116. The molecule has 9 heavy (non-hydrogen) atoms. The van der Waals surface area contributed by atoms with E-state index in [9.17, 15) is 9.00 Å². The van der Waals surface area contributed by atoms with E-state index in [4.69, 9.17) is 5.73 Å². The molecule has 52 valence electrons. The van der Waals surface area contributed by atoms with Gasteiger partial charge in [0.25, 0.3) is 0 Å². The van der Waals surface area contributed by atoms with E-state index in [1.165, 1.54) is 0 Å². The third-order valence-electron chi connectivity index (χ3n) is 0.902. The number of amides is 1. The quantitative estimate of drug-likeness (QED) is 0.567. The Labute approximate surface area is 58.1 Å². The van der Waals surface area contributed by atoms with Crippen LogP contribution in [0.4, 0.5) is 0 Å². The van der Waals surface area contributed by atoms with Crippen molar-refractivity contribution in [1.82, 2.24) is 0 Å². The molecule has 0 aliphatic rings. The molecule has 1 amide bonds. The van der Waals surface area contributed by atoms with E-state index in [0.29, 0.717) is 23.8 Å². The molecule has 0 aromatic heterocycles. The van der Waals surface area contributed by atoms with Gasteiger partial charge in [-0.1, -0.05) is 6.92 Å². The Kier molecular flexibility index (Phi) is 4.13. The lowest BCUT2D eigenvalue weighted by Crippen LogP contribution is -2.16. The van der Waals surface area contributed by atoms with Gasteiger partial charge in [-0.25, -0.2) is 0 Å². The van der Waals surface area contributed by atoms with Crippen molar-refractivity contribution >= 4 is 17.6 Å². The first-order valence-electron chi connectivity index (χ1n) is 2.70. The minimum atomic E-state index is -0.337. The fourth-order valence-electron chi connectivity index (χ4n) is 0.519. The Balaban J connectivity index is 3.37. The van der Waals surface area contributed by atoms with Crippen LogP contribution in [0.3, 0.4) is 0 Å². The van der Waals surface area contributed by atoms with Crippen LogP contribution in [0.25, 0.3) is 0 Å². The van der Waals surface area contributed by atoms with Crippen molar-refractivity contribution in [3.05, 3.63) is 0 Å². The van der Waals surface area contributed by atoms with Crippen molar-refractivity contribution in [2.24, 2.45) is 11.7 Å². The molecule has 0 aromatic rings. The molecule has 0 spiro atoms. The summed E-state index contributed by atoms with van der Waals surface area (Å²) in [5, 5.41) is 0. The van der Waals surface area contributed by atoms with E-state index in [0.717, 1.165) is 0 Å². The first-order valence-corrected chi connectivity index (χ1v) is 3.61. The predicted molar refractivity (Wildman–Crippen MR) is 35.9 cm³/mol. The Morgan fingerprint density at radius 3 is 2.67 bits per heavy atom. The molecule has 0 aromatic carbocycles.